The summed E-state index contributed by atoms with van der Waals surface area (Å²) in [6, 6.07) is 6.04. The largest absolute Gasteiger partial charge is 0.385 e. The summed E-state index contributed by atoms with van der Waals surface area (Å²) in [6.07, 6.45) is 2.69. The first-order valence-electron chi connectivity index (χ1n) is 4.66. The van der Waals surface area contributed by atoms with Crippen molar-refractivity contribution in [3.8, 4) is 5.69 Å². The molecule has 0 aliphatic heterocycles. The quantitative estimate of drug-likeness (QED) is 0.816. The fourth-order valence-electron chi connectivity index (χ4n) is 1.44. The van der Waals surface area contributed by atoms with E-state index < -0.39 is 6.10 Å². The third kappa shape index (κ3) is 1.89. The van der Waals surface area contributed by atoms with Gasteiger partial charge in [0.25, 0.3) is 0 Å². The van der Waals surface area contributed by atoms with Crippen molar-refractivity contribution in [1.29, 1.82) is 0 Å². The first-order valence-corrected chi connectivity index (χ1v) is 4.66. The zero-order valence-corrected chi connectivity index (χ0v) is 8.26. The summed E-state index contributed by atoms with van der Waals surface area (Å²) in [5, 5.41) is 9.45. The molecule has 1 N–H and O–H groups in total. The molecule has 1 aromatic heterocycles. The second-order valence-electron chi connectivity index (χ2n) is 3.31. The van der Waals surface area contributed by atoms with Gasteiger partial charge in [0.1, 0.15) is 17.7 Å². The van der Waals surface area contributed by atoms with Crippen LogP contribution >= 0.6 is 0 Å². The molecule has 15 heavy (non-hydrogen) atoms. The normalized spacial score (nSPS) is 12.7. The Morgan fingerprint density at radius 2 is 2.00 bits per heavy atom. The molecule has 1 aromatic carbocycles. The van der Waals surface area contributed by atoms with Crippen LogP contribution in [-0.2, 0) is 0 Å². The van der Waals surface area contributed by atoms with Crippen LogP contribution in [0, 0.1) is 5.82 Å². The van der Waals surface area contributed by atoms with E-state index in [9.17, 15) is 9.50 Å². The van der Waals surface area contributed by atoms with Gasteiger partial charge in [-0.1, -0.05) is 0 Å². The van der Waals surface area contributed by atoms with Gasteiger partial charge in [-0.25, -0.2) is 9.37 Å². The van der Waals surface area contributed by atoms with Gasteiger partial charge in [0.05, 0.1) is 0 Å². The zero-order valence-electron chi connectivity index (χ0n) is 8.26. The van der Waals surface area contributed by atoms with Gasteiger partial charge in [0.2, 0.25) is 0 Å². The first-order chi connectivity index (χ1) is 7.18. The van der Waals surface area contributed by atoms with Crippen LogP contribution in [0.4, 0.5) is 4.39 Å². The molecule has 78 valence electrons. The SMILES string of the molecule is CC(O)c1nccn1-c1ccc(F)cc1. The van der Waals surface area contributed by atoms with Crippen molar-refractivity contribution < 1.29 is 9.50 Å². The molecular weight excluding hydrogens is 195 g/mol. The Morgan fingerprint density at radius 3 is 2.60 bits per heavy atom. The number of imidazole rings is 1. The Balaban J connectivity index is 2.45. The van der Waals surface area contributed by atoms with E-state index in [-0.39, 0.29) is 5.82 Å². The maximum Gasteiger partial charge on any atom is 0.141 e. The molecule has 4 heteroatoms. The van der Waals surface area contributed by atoms with E-state index in [1.54, 1.807) is 36.0 Å². The smallest absolute Gasteiger partial charge is 0.141 e. The average molecular weight is 206 g/mol. The van der Waals surface area contributed by atoms with Crippen molar-refractivity contribution >= 4 is 0 Å². The Morgan fingerprint density at radius 1 is 1.33 bits per heavy atom. The maximum absolute atomic E-state index is 12.7. The van der Waals surface area contributed by atoms with Crippen molar-refractivity contribution in [1.82, 2.24) is 9.55 Å². The van der Waals surface area contributed by atoms with E-state index in [1.165, 1.54) is 12.1 Å². The Kier molecular flexibility index (Phi) is 2.51. The molecule has 1 unspecified atom stereocenters. The van der Waals surface area contributed by atoms with Gasteiger partial charge in [0, 0.05) is 18.1 Å². The van der Waals surface area contributed by atoms with E-state index >= 15 is 0 Å². The van der Waals surface area contributed by atoms with E-state index in [0.717, 1.165) is 5.69 Å². The van der Waals surface area contributed by atoms with Crippen LogP contribution in [0.5, 0.6) is 0 Å². The summed E-state index contributed by atoms with van der Waals surface area (Å²) in [5.74, 6) is 0.263. The van der Waals surface area contributed by atoms with Crippen molar-refractivity contribution in [2.24, 2.45) is 0 Å². The summed E-state index contributed by atoms with van der Waals surface area (Å²) >= 11 is 0. The molecule has 0 saturated carbocycles. The fourth-order valence-corrected chi connectivity index (χ4v) is 1.44. The Bertz CT molecular complexity index is 448. The predicted octanol–water partition coefficient (Wildman–Crippen LogP) is 2.06. The molecule has 0 amide bonds. The van der Waals surface area contributed by atoms with E-state index in [0.29, 0.717) is 5.82 Å². The molecule has 0 aliphatic rings. The van der Waals surface area contributed by atoms with Gasteiger partial charge >= 0.3 is 0 Å². The van der Waals surface area contributed by atoms with E-state index in [1.807, 2.05) is 0 Å². The third-order valence-corrected chi connectivity index (χ3v) is 2.15. The standard InChI is InChI=1S/C11H11FN2O/c1-8(15)11-13-6-7-14(11)10-4-2-9(12)3-5-10/h2-8,15H,1H3. The van der Waals surface area contributed by atoms with Gasteiger partial charge in [0.15, 0.2) is 0 Å². The molecule has 1 heterocycles. The lowest BCUT2D eigenvalue weighted by Gasteiger charge is -2.09. The minimum Gasteiger partial charge on any atom is -0.385 e. The topological polar surface area (TPSA) is 38.1 Å². The third-order valence-electron chi connectivity index (χ3n) is 2.15. The molecule has 0 aliphatic carbocycles. The average Bonchev–Trinajstić information content (AvgIpc) is 2.67. The second kappa shape index (κ2) is 3.82. The number of aliphatic hydroxyl groups is 1. The summed E-state index contributed by atoms with van der Waals surface area (Å²) in [6.45, 7) is 1.64. The van der Waals surface area contributed by atoms with Crippen LogP contribution in [0.15, 0.2) is 36.7 Å². The Labute approximate surface area is 86.8 Å². The number of aliphatic hydroxyl groups excluding tert-OH is 1. The van der Waals surface area contributed by atoms with Gasteiger partial charge in [-0.05, 0) is 31.2 Å². The van der Waals surface area contributed by atoms with Crippen molar-refractivity contribution in [2.45, 2.75) is 13.0 Å². The number of benzene rings is 1. The van der Waals surface area contributed by atoms with Crippen molar-refractivity contribution in [3.05, 3.63) is 48.3 Å². The lowest BCUT2D eigenvalue weighted by Crippen LogP contribution is -2.03. The molecule has 3 nitrogen and oxygen atoms in total. The second-order valence-corrected chi connectivity index (χ2v) is 3.31. The number of aromatic nitrogens is 2. The summed E-state index contributed by atoms with van der Waals surface area (Å²) in [4.78, 5) is 4.03. The van der Waals surface area contributed by atoms with Crippen molar-refractivity contribution in [2.75, 3.05) is 0 Å². The molecule has 2 rings (SSSR count). The number of hydrogen-bond donors (Lipinski definition) is 1. The summed E-state index contributed by atoms with van der Waals surface area (Å²) < 4.78 is 14.4. The fraction of sp³-hybridized carbons (Fsp3) is 0.182. The van der Waals surface area contributed by atoms with Gasteiger partial charge in [-0.15, -0.1) is 0 Å². The van der Waals surface area contributed by atoms with Gasteiger partial charge in [-0.2, -0.15) is 0 Å². The highest BCUT2D eigenvalue weighted by Crippen LogP contribution is 2.16. The highest BCUT2D eigenvalue weighted by atomic mass is 19.1. The van der Waals surface area contributed by atoms with E-state index in [4.69, 9.17) is 0 Å². The maximum atomic E-state index is 12.7. The molecule has 2 aromatic rings. The molecule has 0 fully saturated rings. The predicted molar refractivity (Wildman–Crippen MR) is 54.2 cm³/mol. The van der Waals surface area contributed by atoms with Crippen LogP contribution in [-0.4, -0.2) is 14.7 Å². The molecule has 1 atom stereocenters. The minimum absolute atomic E-state index is 0.280. The van der Waals surface area contributed by atoms with Gasteiger partial charge < -0.3 is 9.67 Å². The number of hydrogen-bond acceptors (Lipinski definition) is 2. The van der Waals surface area contributed by atoms with Gasteiger partial charge in [-0.3, -0.25) is 0 Å². The Hall–Kier alpha value is -1.68. The monoisotopic (exact) mass is 206 g/mol. The zero-order chi connectivity index (χ0) is 10.8. The van der Waals surface area contributed by atoms with Crippen LogP contribution in [0.1, 0.15) is 18.9 Å². The highest BCUT2D eigenvalue weighted by molar-refractivity contribution is 5.33. The number of nitrogens with zero attached hydrogens (tertiary/aromatic N) is 2. The summed E-state index contributed by atoms with van der Waals surface area (Å²) in [5.41, 5.74) is 0.782. The highest BCUT2D eigenvalue weighted by Gasteiger charge is 2.09. The number of rotatable bonds is 2. The minimum atomic E-state index is -0.648. The van der Waals surface area contributed by atoms with Crippen LogP contribution in [0.2, 0.25) is 0 Å². The summed E-state index contributed by atoms with van der Waals surface area (Å²) in [7, 11) is 0. The van der Waals surface area contributed by atoms with Crippen LogP contribution < -0.4 is 0 Å². The molecular formula is C11H11FN2O. The lowest BCUT2D eigenvalue weighted by molar-refractivity contribution is 0.187. The molecule has 0 spiro atoms. The molecule has 0 saturated heterocycles. The van der Waals surface area contributed by atoms with Crippen molar-refractivity contribution in [3.63, 3.8) is 0 Å². The van der Waals surface area contributed by atoms with Crippen LogP contribution in [0.3, 0.4) is 0 Å². The van der Waals surface area contributed by atoms with E-state index in [2.05, 4.69) is 4.98 Å². The number of halogens is 1. The molecule has 0 bridgehead atoms. The lowest BCUT2D eigenvalue weighted by atomic mass is 10.3. The first kappa shape index (κ1) is 9.86. The molecule has 0 radical (unpaired) electrons. The van der Waals surface area contributed by atoms with Crippen LogP contribution in [0.25, 0.3) is 5.69 Å².